The Kier molecular flexibility index (Phi) is 5.95. The van der Waals surface area contributed by atoms with Crippen molar-refractivity contribution < 1.29 is 0 Å². The minimum absolute atomic E-state index is 0.154. The number of hydrogen-bond donors (Lipinski definition) is 1. The molecule has 1 atom stereocenters. The molecule has 106 valence electrons. The first-order valence-electron chi connectivity index (χ1n) is 6.64. The zero-order valence-electron chi connectivity index (χ0n) is 11.3. The Bertz CT molecular complexity index is 528. The topological polar surface area (TPSA) is 37.8 Å². The van der Waals surface area contributed by atoms with E-state index in [0.717, 1.165) is 35.2 Å². The van der Waals surface area contributed by atoms with Gasteiger partial charge in [-0.2, -0.15) is 0 Å². The summed E-state index contributed by atoms with van der Waals surface area (Å²) < 4.78 is 0.990. The number of aromatic nitrogens is 2. The summed E-state index contributed by atoms with van der Waals surface area (Å²) in [5, 5.41) is 4.17. The molecular weight excluding hydrogens is 338 g/mol. The molecule has 0 saturated carbocycles. The van der Waals surface area contributed by atoms with Crippen LogP contribution in [0.4, 0.5) is 0 Å². The van der Waals surface area contributed by atoms with Crippen LogP contribution in [0.2, 0.25) is 5.02 Å². The van der Waals surface area contributed by atoms with E-state index in [4.69, 9.17) is 11.6 Å². The summed E-state index contributed by atoms with van der Waals surface area (Å²) in [5.41, 5.74) is 2.03. The van der Waals surface area contributed by atoms with Crippen LogP contribution < -0.4 is 5.32 Å². The van der Waals surface area contributed by atoms with Crippen molar-refractivity contribution in [3.05, 3.63) is 57.5 Å². The van der Waals surface area contributed by atoms with Gasteiger partial charge in [-0.25, -0.2) is 0 Å². The predicted molar refractivity (Wildman–Crippen MR) is 85.9 cm³/mol. The molecule has 2 heterocycles. The van der Waals surface area contributed by atoms with Crippen molar-refractivity contribution in [2.75, 3.05) is 6.54 Å². The fraction of sp³-hybridized carbons (Fsp3) is 0.333. The van der Waals surface area contributed by atoms with Gasteiger partial charge in [0, 0.05) is 29.0 Å². The summed E-state index contributed by atoms with van der Waals surface area (Å²) in [5.74, 6) is 0. The lowest BCUT2D eigenvalue weighted by atomic mass is 10.1. The molecule has 0 aliphatic rings. The largest absolute Gasteiger partial charge is 0.308 e. The van der Waals surface area contributed by atoms with Crippen LogP contribution in [0.5, 0.6) is 0 Å². The van der Waals surface area contributed by atoms with Crippen LogP contribution in [0, 0.1) is 0 Å². The smallest absolute Gasteiger partial charge is 0.0589 e. The number of halogens is 2. The molecule has 0 spiro atoms. The second-order valence-corrected chi connectivity index (χ2v) is 5.93. The summed E-state index contributed by atoms with van der Waals surface area (Å²) in [4.78, 5) is 8.84. The van der Waals surface area contributed by atoms with E-state index in [9.17, 15) is 0 Å². The summed E-state index contributed by atoms with van der Waals surface area (Å²) in [6.07, 6.45) is 5.40. The van der Waals surface area contributed by atoms with Gasteiger partial charge in [0.15, 0.2) is 0 Å². The van der Waals surface area contributed by atoms with Crippen LogP contribution in [0.3, 0.4) is 0 Å². The van der Waals surface area contributed by atoms with Crippen molar-refractivity contribution in [3.8, 4) is 0 Å². The predicted octanol–water partition coefficient (Wildman–Crippen LogP) is 4.18. The SMILES string of the molecule is CCCNC(Cc1ccc(Br)cn1)c1ccc(Cl)cn1. The maximum Gasteiger partial charge on any atom is 0.0589 e. The highest BCUT2D eigenvalue weighted by atomic mass is 79.9. The molecule has 0 amide bonds. The average Bonchev–Trinajstić information content (AvgIpc) is 2.46. The van der Waals surface area contributed by atoms with Gasteiger partial charge in [0.05, 0.1) is 16.8 Å². The molecule has 1 N–H and O–H groups in total. The number of hydrogen-bond acceptors (Lipinski definition) is 3. The van der Waals surface area contributed by atoms with Gasteiger partial charge in [0.2, 0.25) is 0 Å². The number of rotatable bonds is 6. The number of pyridine rings is 2. The first-order chi connectivity index (χ1) is 9.69. The summed E-state index contributed by atoms with van der Waals surface area (Å²) >= 11 is 9.30. The molecule has 2 aromatic rings. The maximum atomic E-state index is 5.90. The molecule has 0 radical (unpaired) electrons. The molecular formula is C15H17BrClN3. The monoisotopic (exact) mass is 353 g/mol. The average molecular weight is 355 g/mol. The molecule has 0 bridgehead atoms. The molecule has 3 nitrogen and oxygen atoms in total. The zero-order chi connectivity index (χ0) is 14.4. The Labute approximate surface area is 132 Å². The fourth-order valence-corrected chi connectivity index (χ4v) is 2.28. The van der Waals surface area contributed by atoms with Crippen molar-refractivity contribution >= 4 is 27.5 Å². The Hall–Kier alpha value is -0.970. The van der Waals surface area contributed by atoms with Crippen molar-refractivity contribution in [1.29, 1.82) is 0 Å². The molecule has 0 aliphatic carbocycles. The molecule has 0 aliphatic heterocycles. The third-order valence-electron chi connectivity index (χ3n) is 2.95. The van der Waals surface area contributed by atoms with Gasteiger partial charge in [-0.3, -0.25) is 9.97 Å². The Balaban J connectivity index is 2.14. The maximum absolute atomic E-state index is 5.90. The van der Waals surface area contributed by atoms with Crippen molar-refractivity contribution in [3.63, 3.8) is 0 Å². The lowest BCUT2D eigenvalue weighted by Gasteiger charge is -2.17. The van der Waals surface area contributed by atoms with Gasteiger partial charge < -0.3 is 5.32 Å². The van der Waals surface area contributed by atoms with Crippen LogP contribution in [0.25, 0.3) is 0 Å². The van der Waals surface area contributed by atoms with Crippen LogP contribution >= 0.6 is 27.5 Å². The molecule has 5 heteroatoms. The van der Waals surface area contributed by atoms with Crippen LogP contribution in [-0.4, -0.2) is 16.5 Å². The lowest BCUT2D eigenvalue weighted by Crippen LogP contribution is -2.25. The van der Waals surface area contributed by atoms with Crippen LogP contribution in [0.1, 0.15) is 30.8 Å². The molecule has 2 aromatic heterocycles. The van der Waals surface area contributed by atoms with E-state index in [2.05, 4.69) is 38.1 Å². The Morgan fingerprint density at radius 3 is 2.65 bits per heavy atom. The van der Waals surface area contributed by atoms with E-state index >= 15 is 0 Å². The first-order valence-corrected chi connectivity index (χ1v) is 7.81. The molecule has 20 heavy (non-hydrogen) atoms. The van der Waals surface area contributed by atoms with Crippen LogP contribution in [-0.2, 0) is 6.42 Å². The van der Waals surface area contributed by atoms with E-state index in [0.29, 0.717) is 5.02 Å². The third kappa shape index (κ3) is 4.54. The summed E-state index contributed by atoms with van der Waals surface area (Å²) in [6.45, 7) is 3.10. The van der Waals surface area contributed by atoms with Gasteiger partial charge in [-0.1, -0.05) is 18.5 Å². The van der Waals surface area contributed by atoms with Gasteiger partial charge in [-0.15, -0.1) is 0 Å². The minimum atomic E-state index is 0.154. The second-order valence-electron chi connectivity index (χ2n) is 4.58. The van der Waals surface area contributed by atoms with Crippen molar-refractivity contribution in [2.45, 2.75) is 25.8 Å². The second kappa shape index (κ2) is 7.72. The zero-order valence-corrected chi connectivity index (χ0v) is 13.7. The molecule has 2 rings (SSSR count). The fourth-order valence-electron chi connectivity index (χ4n) is 1.93. The molecule has 1 unspecified atom stereocenters. The standard InChI is InChI=1S/C15H17BrClN3/c1-2-7-18-15(14-6-4-12(17)10-20-14)8-13-5-3-11(16)9-19-13/h3-6,9-10,15,18H,2,7-8H2,1H3. The van der Waals surface area contributed by atoms with Gasteiger partial charge in [-0.05, 0) is 53.2 Å². The molecule has 0 aromatic carbocycles. The van der Waals surface area contributed by atoms with E-state index in [1.807, 2.05) is 30.5 Å². The van der Waals surface area contributed by atoms with Crippen molar-refractivity contribution in [2.24, 2.45) is 0 Å². The molecule has 0 saturated heterocycles. The van der Waals surface area contributed by atoms with Crippen LogP contribution in [0.15, 0.2) is 41.1 Å². The highest BCUT2D eigenvalue weighted by Crippen LogP contribution is 2.18. The normalized spacial score (nSPS) is 12.3. The van der Waals surface area contributed by atoms with Gasteiger partial charge in [0.1, 0.15) is 0 Å². The van der Waals surface area contributed by atoms with E-state index < -0.39 is 0 Å². The minimum Gasteiger partial charge on any atom is -0.308 e. The Morgan fingerprint density at radius 1 is 1.20 bits per heavy atom. The van der Waals surface area contributed by atoms with E-state index in [1.165, 1.54) is 0 Å². The summed E-state index contributed by atoms with van der Waals surface area (Å²) in [7, 11) is 0. The highest BCUT2D eigenvalue weighted by molar-refractivity contribution is 9.10. The van der Waals surface area contributed by atoms with E-state index in [1.54, 1.807) is 6.20 Å². The van der Waals surface area contributed by atoms with Gasteiger partial charge in [0.25, 0.3) is 0 Å². The van der Waals surface area contributed by atoms with E-state index in [-0.39, 0.29) is 6.04 Å². The third-order valence-corrected chi connectivity index (χ3v) is 3.64. The number of nitrogens with zero attached hydrogens (tertiary/aromatic N) is 2. The lowest BCUT2D eigenvalue weighted by molar-refractivity contribution is 0.513. The summed E-state index contributed by atoms with van der Waals surface area (Å²) in [6, 6.07) is 8.03. The number of nitrogens with one attached hydrogen (secondary N) is 1. The Morgan fingerprint density at radius 2 is 2.05 bits per heavy atom. The first kappa shape index (κ1) is 15.4. The molecule has 0 fully saturated rings. The quantitative estimate of drug-likeness (QED) is 0.846. The van der Waals surface area contributed by atoms with Crippen molar-refractivity contribution in [1.82, 2.24) is 15.3 Å². The highest BCUT2D eigenvalue weighted by Gasteiger charge is 2.13. The van der Waals surface area contributed by atoms with Gasteiger partial charge >= 0.3 is 0 Å².